The lowest BCUT2D eigenvalue weighted by atomic mass is 10.00. The molecule has 0 spiro atoms. The van der Waals surface area contributed by atoms with E-state index in [0.29, 0.717) is 23.2 Å². The monoisotopic (exact) mass is 541 g/mol. The van der Waals surface area contributed by atoms with Crippen molar-refractivity contribution in [3.63, 3.8) is 0 Å². The molecule has 0 amide bonds. The molecular formula is C31H31N3O4S. The van der Waals surface area contributed by atoms with Crippen molar-refractivity contribution < 1.29 is 15.3 Å². The predicted octanol–water partition coefficient (Wildman–Crippen LogP) is 4.44. The zero-order valence-electron chi connectivity index (χ0n) is 21.3. The number of H-pyrrole nitrogens is 1. The largest absolute Gasteiger partial charge is 0.506 e. The van der Waals surface area contributed by atoms with E-state index in [1.807, 2.05) is 30.3 Å². The number of aromatic nitrogens is 1. The van der Waals surface area contributed by atoms with Crippen LogP contribution in [0.5, 0.6) is 5.75 Å². The molecule has 8 heteroatoms. The van der Waals surface area contributed by atoms with E-state index in [-0.39, 0.29) is 16.1 Å². The van der Waals surface area contributed by atoms with Crippen molar-refractivity contribution >= 4 is 21.6 Å². The van der Waals surface area contributed by atoms with Gasteiger partial charge in [-0.15, -0.1) is 0 Å². The Hall–Kier alpha value is -3.79. The highest BCUT2D eigenvalue weighted by Gasteiger charge is 2.22. The van der Waals surface area contributed by atoms with Crippen LogP contribution < -0.4 is 15.5 Å². The van der Waals surface area contributed by atoms with Crippen LogP contribution in [-0.4, -0.2) is 33.1 Å². The third kappa shape index (κ3) is 6.62. The summed E-state index contributed by atoms with van der Waals surface area (Å²) in [7, 11) is 0. The van der Waals surface area contributed by atoms with Gasteiger partial charge in [-0.25, -0.2) is 0 Å². The lowest BCUT2D eigenvalue weighted by Crippen LogP contribution is -2.36. The Balaban J connectivity index is 1.18. The van der Waals surface area contributed by atoms with Gasteiger partial charge in [0, 0.05) is 25.2 Å². The maximum absolute atomic E-state index is 11.8. The van der Waals surface area contributed by atoms with Gasteiger partial charge in [0.1, 0.15) is 23.6 Å². The summed E-state index contributed by atoms with van der Waals surface area (Å²) in [6.45, 7) is 2.03. The van der Waals surface area contributed by atoms with E-state index in [4.69, 9.17) is 0 Å². The van der Waals surface area contributed by atoms with Crippen molar-refractivity contribution in [3.05, 3.63) is 123 Å². The standard InChI is InChI=1S/C31H31N3O4S/c35-26-13-12-25(29-27(26)34-31(38)39-29)28(36)30(37)33-15-14-20-8-4-10-23(16-20)24-11-5-9-22(17-24)19-32-18-21-6-2-1-3-7-21/h1-13,16-17,28,30,32-33,35-37H,14-15,18-19H2,(H,34,38). The number of phenolic OH excluding ortho intramolecular Hbond substituents is 1. The average Bonchev–Trinajstić information content (AvgIpc) is 3.36. The Morgan fingerprint density at radius 2 is 1.46 bits per heavy atom. The number of phenols is 1. The van der Waals surface area contributed by atoms with Crippen LogP contribution in [0.4, 0.5) is 0 Å². The number of fused-ring (bicyclic) bond motifs is 1. The molecule has 2 atom stereocenters. The Morgan fingerprint density at radius 1 is 0.795 bits per heavy atom. The topological polar surface area (TPSA) is 118 Å². The molecule has 0 saturated carbocycles. The van der Waals surface area contributed by atoms with E-state index in [9.17, 15) is 20.1 Å². The molecule has 6 N–H and O–H groups in total. The quantitative estimate of drug-likeness (QED) is 0.138. The molecule has 1 heterocycles. The summed E-state index contributed by atoms with van der Waals surface area (Å²) in [4.78, 5) is 14.0. The first-order chi connectivity index (χ1) is 19.0. The number of aliphatic hydroxyl groups excluding tert-OH is 2. The molecule has 2 unspecified atom stereocenters. The first-order valence-electron chi connectivity index (χ1n) is 12.8. The zero-order valence-corrected chi connectivity index (χ0v) is 22.1. The van der Waals surface area contributed by atoms with Crippen molar-refractivity contribution in [1.82, 2.24) is 15.6 Å². The molecule has 0 radical (unpaired) electrons. The summed E-state index contributed by atoms with van der Waals surface area (Å²) in [6.07, 6.45) is -1.85. The average molecular weight is 542 g/mol. The van der Waals surface area contributed by atoms with Crippen LogP contribution in [0, 0.1) is 0 Å². The highest BCUT2D eigenvalue weighted by molar-refractivity contribution is 7.16. The molecule has 5 aromatic rings. The molecule has 39 heavy (non-hydrogen) atoms. The second kappa shape index (κ2) is 12.4. The Labute approximate surface area is 230 Å². The van der Waals surface area contributed by atoms with Gasteiger partial charge < -0.3 is 25.6 Å². The van der Waals surface area contributed by atoms with E-state index in [1.54, 1.807) is 0 Å². The third-order valence-electron chi connectivity index (χ3n) is 6.66. The molecule has 5 rings (SSSR count). The van der Waals surface area contributed by atoms with E-state index < -0.39 is 12.3 Å². The SMILES string of the molecule is O=c1[nH]c2c(O)ccc(C(O)C(O)NCCc3cccc(-c4cccc(CNCc5ccccc5)c4)c3)c2s1. The van der Waals surface area contributed by atoms with Crippen molar-refractivity contribution in [3.8, 4) is 16.9 Å². The fourth-order valence-electron chi connectivity index (χ4n) is 4.63. The lowest BCUT2D eigenvalue weighted by molar-refractivity contribution is -0.00168. The van der Waals surface area contributed by atoms with Gasteiger partial charge in [0.2, 0.25) is 0 Å². The molecule has 0 aliphatic carbocycles. The molecule has 0 bridgehead atoms. The summed E-state index contributed by atoms with van der Waals surface area (Å²) < 4.78 is 0.429. The van der Waals surface area contributed by atoms with Crippen molar-refractivity contribution in [2.45, 2.75) is 31.8 Å². The summed E-state index contributed by atoms with van der Waals surface area (Å²) in [5.41, 5.74) is 6.47. The summed E-state index contributed by atoms with van der Waals surface area (Å²) in [5.74, 6) is -0.0735. The molecule has 1 aromatic heterocycles. The molecule has 0 saturated heterocycles. The number of hydrogen-bond acceptors (Lipinski definition) is 7. The van der Waals surface area contributed by atoms with E-state index >= 15 is 0 Å². The predicted molar refractivity (Wildman–Crippen MR) is 156 cm³/mol. The summed E-state index contributed by atoms with van der Waals surface area (Å²) in [5, 5.41) is 37.7. The van der Waals surface area contributed by atoms with Crippen molar-refractivity contribution in [1.29, 1.82) is 0 Å². The molecule has 200 valence electrons. The van der Waals surface area contributed by atoms with E-state index in [2.05, 4.69) is 64.1 Å². The molecule has 0 aliphatic rings. The van der Waals surface area contributed by atoms with Crippen LogP contribution in [0.2, 0.25) is 0 Å². The van der Waals surface area contributed by atoms with Gasteiger partial charge in [0.25, 0.3) is 0 Å². The zero-order chi connectivity index (χ0) is 27.2. The van der Waals surface area contributed by atoms with Gasteiger partial charge >= 0.3 is 4.87 Å². The number of hydrogen-bond donors (Lipinski definition) is 6. The Bertz CT molecular complexity index is 1600. The van der Waals surface area contributed by atoms with Crippen LogP contribution in [0.3, 0.4) is 0 Å². The van der Waals surface area contributed by atoms with Crippen LogP contribution in [0.15, 0.2) is 95.8 Å². The van der Waals surface area contributed by atoms with E-state index in [0.717, 1.165) is 41.1 Å². The number of aliphatic hydroxyl groups is 2. The minimum Gasteiger partial charge on any atom is -0.506 e. The van der Waals surface area contributed by atoms with Gasteiger partial charge in [-0.3, -0.25) is 10.1 Å². The van der Waals surface area contributed by atoms with Crippen LogP contribution in [0.25, 0.3) is 21.3 Å². The van der Waals surface area contributed by atoms with Crippen LogP contribution in [-0.2, 0) is 19.5 Å². The molecule has 4 aromatic carbocycles. The fourth-order valence-corrected chi connectivity index (χ4v) is 5.54. The van der Waals surface area contributed by atoms with Crippen LogP contribution >= 0.6 is 11.3 Å². The minimum atomic E-state index is -1.26. The number of nitrogens with one attached hydrogen (secondary N) is 3. The van der Waals surface area contributed by atoms with Gasteiger partial charge in [-0.05, 0) is 46.4 Å². The number of rotatable bonds is 11. The molecule has 0 aliphatic heterocycles. The number of benzene rings is 4. The number of aromatic hydroxyl groups is 1. The van der Waals surface area contributed by atoms with Crippen LogP contribution in [0.1, 0.15) is 28.4 Å². The van der Waals surface area contributed by atoms with Gasteiger partial charge in [-0.1, -0.05) is 90.2 Å². The number of thiazole rings is 1. The Kier molecular flexibility index (Phi) is 8.51. The summed E-state index contributed by atoms with van der Waals surface area (Å²) in [6, 6.07) is 30.0. The maximum atomic E-state index is 11.8. The molecule has 7 nitrogen and oxygen atoms in total. The first-order valence-corrected chi connectivity index (χ1v) is 13.7. The van der Waals surface area contributed by atoms with Gasteiger partial charge in [-0.2, -0.15) is 0 Å². The third-order valence-corrected chi connectivity index (χ3v) is 7.59. The smallest absolute Gasteiger partial charge is 0.305 e. The second-order valence-electron chi connectivity index (χ2n) is 9.48. The van der Waals surface area contributed by atoms with Crippen molar-refractivity contribution in [2.24, 2.45) is 0 Å². The lowest BCUT2D eigenvalue weighted by Gasteiger charge is -2.20. The fraction of sp³-hybridized carbons (Fsp3) is 0.194. The van der Waals surface area contributed by atoms with Gasteiger partial charge in [0.05, 0.1) is 4.70 Å². The molecular weight excluding hydrogens is 510 g/mol. The highest BCUT2D eigenvalue weighted by Crippen LogP contribution is 2.32. The maximum Gasteiger partial charge on any atom is 0.305 e. The van der Waals surface area contributed by atoms with E-state index in [1.165, 1.54) is 23.3 Å². The second-order valence-corrected chi connectivity index (χ2v) is 10.5. The highest BCUT2D eigenvalue weighted by atomic mass is 32.1. The first kappa shape index (κ1) is 26.8. The van der Waals surface area contributed by atoms with Gasteiger partial charge in [0.15, 0.2) is 0 Å². The number of aromatic amines is 1. The Morgan fingerprint density at radius 3 is 2.23 bits per heavy atom. The minimum absolute atomic E-state index is 0.0735. The van der Waals surface area contributed by atoms with Crippen molar-refractivity contribution in [2.75, 3.05) is 6.54 Å². The molecule has 0 fully saturated rings. The normalized spacial score (nSPS) is 13.0. The summed E-state index contributed by atoms with van der Waals surface area (Å²) >= 11 is 0.889.